The number of halogens is 1. The molecule has 1 aliphatic rings. The highest BCUT2D eigenvalue weighted by Crippen LogP contribution is 2.24. The Balaban J connectivity index is 2.01. The van der Waals surface area contributed by atoms with Crippen molar-refractivity contribution in [3.8, 4) is 5.75 Å². The minimum absolute atomic E-state index is 0.119. The number of phenolic OH excluding ortho intramolecular Hbond substituents is 1. The Labute approximate surface area is 132 Å². The second-order valence-electron chi connectivity index (χ2n) is 4.05. The number of carboxylic acid groups (broad SMARTS) is 1. The molecule has 1 aliphatic heterocycles. The number of carbonyl (C=O) groups excluding carboxylic acids is 1. The van der Waals surface area contributed by atoms with E-state index in [2.05, 4.69) is 31.4 Å². The van der Waals surface area contributed by atoms with Crippen molar-refractivity contribution in [3.05, 3.63) is 28.2 Å². The number of carboxylic acids is 1. The Morgan fingerprint density at radius 3 is 2.95 bits per heavy atom. The minimum atomic E-state index is -1.04. The molecule has 0 aromatic heterocycles. The summed E-state index contributed by atoms with van der Waals surface area (Å²) in [6.45, 7) is 0. The van der Waals surface area contributed by atoms with Crippen LogP contribution in [0, 0.1) is 0 Å². The van der Waals surface area contributed by atoms with Gasteiger partial charge in [-0.1, -0.05) is 11.8 Å². The summed E-state index contributed by atoms with van der Waals surface area (Å²) < 4.78 is 0.532. The summed E-state index contributed by atoms with van der Waals surface area (Å²) >= 11 is 4.21. The summed E-state index contributed by atoms with van der Waals surface area (Å²) in [5.74, 6) is -1.31. The van der Waals surface area contributed by atoms with Crippen LogP contribution in [-0.4, -0.2) is 38.7 Å². The summed E-state index contributed by atoms with van der Waals surface area (Å²) in [7, 11) is 0. The highest BCUT2D eigenvalue weighted by Gasteiger charge is 2.32. The smallest absolute Gasteiger partial charge is 0.305 e. The van der Waals surface area contributed by atoms with Crippen LogP contribution in [0.5, 0.6) is 5.75 Å². The molecule has 0 spiro atoms. The Bertz CT molecular complexity index is 647. The SMILES string of the molecule is O=C(O)CC1SC(=NN=Cc2ccc(O)c(Br)c2)NC1=O. The van der Waals surface area contributed by atoms with Crippen LogP contribution in [0.3, 0.4) is 0 Å². The predicted molar refractivity (Wildman–Crippen MR) is 82.6 cm³/mol. The molecule has 0 aliphatic carbocycles. The van der Waals surface area contributed by atoms with E-state index in [0.29, 0.717) is 10.0 Å². The number of carbonyl (C=O) groups is 2. The summed E-state index contributed by atoms with van der Waals surface area (Å²) in [5.41, 5.74) is 0.709. The van der Waals surface area contributed by atoms with E-state index in [4.69, 9.17) is 5.11 Å². The van der Waals surface area contributed by atoms with Gasteiger partial charge in [-0.05, 0) is 39.7 Å². The number of nitrogens with zero attached hydrogens (tertiary/aromatic N) is 2. The quantitative estimate of drug-likeness (QED) is 0.549. The van der Waals surface area contributed by atoms with Crippen molar-refractivity contribution in [1.29, 1.82) is 0 Å². The van der Waals surface area contributed by atoms with Gasteiger partial charge in [0.15, 0.2) is 5.17 Å². The van der Waals surface area contributed by atoms with Gasteiger partial charge in [-0.2, -0.15) is 5.10 Å². The molecule has 1 heterocycles. The molecule has 2 rings (SSSR count). The van der Waals surface area contributed by atoms with Crippen LogP contribution < -0.4 is 5.32 Å². The van der Waals surface area contributed by atoms with E-state index in [9.17, 15) is 14.7 Å². The monoisotopic (exact) mass is 371 g/mol. The maximum absolute atomic E-state index is 11.5. The maximum atomic E-state index is 11.5. The fourth-order valence-electron chi connectivity index (χ4n) is 1.50. The molecule has 21 heavy (non-hydrogen) atoms. The third-order valence-electron chi connectivity index (χ3n) is 2.46. The van der Waals surface area contributed by atoms with E-state index in [-0.39, 0.29) is 23.2 Å². The van der Waals surface area contributed by atoms with E-state index < -0.39 is 11.2 Å². The number of amides is 1. The molecule has 3 N–H and O–H groups in total. The van der Waals surface area contributed by atoms with Crippen molar-refractivity contribution in [2.24, 2.45) is 10.2 Å². The van der Waals surface area contributed by atoms with Gasteiger partial charge >= 0.3 is 5.97 Å². The van der Waals surface area contributed by atoms with Crippen LogP contribution in [0.15, 0.2) is 32.9 Å². The maximum Gasteiger partial charge on any atom is 0.305 e. The largest absolute Gasteiger partial charge is 0.507 e. The first-order valence-electron chi connectivity index (χ1n) is 5.74. The molecule has 7 nitrogen and oxygen atoms in total. The Kier molecular flexibility index (Phi) is 4.97. The summed E-state index contributed by atoms with van der Waals surface area (Å²) in [4.78, 5) is 22.1. The number of phenols is 1. The molecule has 1 fully saturated rings. The Morgan fingerprint density at radius 1 is 1.52 bits per heavy atom. The lowest BCUT2D eigenvalue weighted by Crippen LogP contribution is -2.26. The molecule has 110 valence electrons. The van der Waals surface area contributed by atoms with Crippen LogP contribution in [-0.2, 0) is 9.59 Å². The number of hydrogen-bond donors (Lipinski definition) is 3. The highest BCUT2D eigenvalue weighted by molar-refractivity contribution is 9.10. The highest BCUT2D eigenvalue weighted by atomic mass is 79.9. The number of thioether (sulfide) groups is 1. The van der Waals surface area contributed by atoms with Gasteiger partial charge in [-0.3, -0.25) is 9.59 Å². The molecule has 1 amide bonds. The van der Waals surface area contributed by atoms with E-state index >= 15 is 0 Å². The van der Waals surface area contributed by atoms with Gasteiger partial charge in [0.05, 0.1) is 17.1 Å². The molecule has 1 saturated heterocycles. The predicted octanol–water partition coefficient (Wildman–Crippen LogP) is 1.55. The third-order valence-corrected chi connectivity index (χ3v) is 4.17. The molecule has 0 saturated carbocycles. The first-order chi connectivity index (χ1) is 9.95. The number of nitrogens with one attached hydrogen (secondary N) is 1. The molecule has 1 aromatic rings. The van der Waals surface area contributed by atoms with Crippen molar-refractivity contribution >= 4 is 51.0 Å². The van der Waals surface area contributed by atoms with E-state index in [1.807, 2.05) is 0 Å². The molecule has 0 bridgehead atoms. The number of hydrogen-bond acceptors (Lipinski definition) is 6. The number of aromatic hydroxyl groups is 1. The van der Waals surface area contributed by atoms with Crippen molar-refractivity contribution in [2.45, 2.75) is 11.7 Å². The normalized spacial score (nSPS) is 20.1. The third kappa shape index (κ3) is 4.30. The molecular formula is C12H10BrN3O4S. The number of rotatable bonds is 4. The van der Waals surface area contributed by atoms with Gasteiger partial charge in [-0.25, -0.2) is 0 Å². The Hall–Kier alpha value is -1.87. The van der Waals surface area contributed by atoms with Gasteiger partial charge in [0, 0.05) is 0 Å². The van der Waals surface area contributed by atoms with Gasteiger partial charge in [0.2, 0.25) is 5.91 Å². The van der Waals surface area contributed by atoms with Gasteiger partial charge in [0.1, 0.15) is 11.0 Å². The number of amidine groups is 1. The Morgan fingerprint density at radius 2 is 2.29 bits per heavy atom. The van der Waals surface area contributed by atoms with Crippen LogP contribution in [0.2, 0.25) is 0 Å². The number of benzene rings is 1. The van der Waals surface area contributed by atoms with Crippen LogP contribution in [0.1, 0.15) is 12.0 Å². The van der Waals surface area contributed by atoms with Crippen molar-refractivity contribution < 1.29 is 19.8 Å². The average Bonchev–Trinajstić information content (AvgIpc) is 2.73. The first kappa shape index (κ1) is 15.5. The van der Waals surface area contributed by atoms with Crippen LogP contribution in [0.4, 0.5) is 0 Å². The standard InChI is InChI=1S/C12H10BrN3O4S/c13-7-3-6(1-2-8(7)17)5-14-16-12-15-11(20)9(21-12)4-10(18)19/h1-3,5,9,17H,4H2,(H,18,19)(H,15,16,20). The van der Waals surface area contributed by atoms with Gasteiger partial charge in [-0.15, -0.1) is 5.10 Å². The van der Waals surface area contributed by atoms with Crippen LogP contribution >= 0.6 is 27.7 Å². The van der Waals surface area contributed by atoms with E-state index in [1.54, 1.807) is 12.1 Å². The lowest BCUT2D eigenvalue weighted by molar-refractivity contribution is -0.138. The van der Waals surface area contributed by atoms with E-state index in [0.717, 1.165) is 11.8 Å². The summed E-state index contributed by atoms with van der Waals surface area (Å²) in [6.07, 6.45) is 1.19. The number of aliphatic carboxylic acids is 1. The summed E-state index contributed by atoms with van der Waals surface area (Å²) in [5, 5.41) is 27.7. The van der Waals surface area contributed by atoms with Crippen molar-refractivity contribution in [3.63, 3.8) is 0 Å². The molecule has 1 atom stereocenters. The molecule has 9 heteroatoms. The van der Waals surface area contributed by atoms with Gasteiger partial charge < -0.3 is 15.5 Å². The molecule has 1 unspecified atom stereocenters. The van der Waals surface area contributed by atoms with Crippen LogP contribution in [0.25, 0.3) is 0 Å². The zero-order valence-corrected chi connectivity index (χ0v) is 12.9. The fourth-order valence-corrected chi connectivity index (χ4v) is 2.81. The average molecular weight is 372 g/mol. The second-order valence-corrected chi connectivity index (χ2v) is 6.10. The summed E-state index contributed by atoms with van der Waals surface area (Å²) in [6, 6.07) is 4.82. The van der Waals surface area contributed by atoms with E-state index in [1.165, 1.54) is 12.3 Å². The fraction of sp³-hybridized carbons (Fsp3) is 0.167. The molecule has 0 radical (unpaired) electrons. The topological polar surface area (TPSA) is 111 Å². The minimum Gasteiger partial charge on any atom is -0.507 e. The lowest BCUT2D eigenvalue weighted by atomic mass is 10.2. The molecular weight excluding hydrogens is 362 g/mol. The zero-order valence-electron chi connectivity index (χ0n) is 10.5. The van der Waals surface area contributed by atoms with Crippen molar-refractivity contribution in [2.75, 3.05) is 0 Å². The van der Waals surface area contributed by atoms with Crippen molar-refractivity contribution in [1.82, 2.24) is 5.32 Å². The second kappa shape index (κ2) is 6.72. The first-order valence-corrected chi connectivity index (χ1v) is 7.42. The molecule has 1 aromatic carbocycles. The zero-order chi connectivity index (χ0) is 15.4. The lowest BCUT2D eigenvalue weighted by Gasteiger charge is -1.98. The van der Waals surface area contributed by atoms with Gasteiger partial charge in [0.25, 0.3) is 0 Å².